The lowest BCUT2D eigenvalue weighted by Gasteiger charge is -2.41. The van der Waals surface area contributed by atoms with E-state index in [1.165, 1.54) is 105 Å². The Morgan fingerprint density at radius 1 is 0.573 bits per heavy atom. The predicted molar refractivity (Wildman–Crippen MR) is 472 cm³/mol. The predicted octanol–water partition coefficient (Wildman–Crippen LogP) is 5.76. The van der Waals surface area contributed by atoms with Crippen molar-refractivity contribution in [1.29, 1.82) is 0 Å². The molecule has 0 bridgehead atoms. The highest BCUT2D eigenvalue weighted by Crippen LogP contribution is 2.43. The van der Waals surface area contributed by atoms with Crippen LogP contribution in [0.15, 0.2) is 36.9 Å². The second-order valence-corrected chi connectivity index (χ2v) is 36.0. The van der Waals surface area contributed by atoms with Crippen LogP contribution in [-0.2, 0) is 62.3 Å². The van der Waals surface area contributed by atoms with E-state index in [2.05, 4.69) is 53.8 Å². The van der Waals surface area contributed by atoms with E-state index in [0.717, 1.165) is 11.0 Å². The fourth-order valence-corrected chi connectivity index (χ4v) is 15.9. The van der Waals surface area contributed by atoms with Crippen LogP contribution in [0.1, 0.15) is 169 Å². The van der Waals surface area contributed by atoms with Crippen LogP contribution in [0.4, 0.5) is 20.5 Å². The molecule has 0 aliphatic carbocycles. The molecule has 5 rings (SSSR count). The number of likely N-dealkylation sites (N-methyl/N-ethyl adjacent to an activating group) is 7. The van der Waals surface area contributed by atoms with Crippen LogP contribution in [0.2, 0.25) is 5.02 Å². The Kier molecular flexibility index (Phi) is 40.5. The van der Waals surface area contributed by atoms with Crippen molar-refractivity contribution in [2.45, 2.75) is 235 Å². The minimum absolute atomic E-state index is 0.00525. The first-order valence-corrected chi connectivity index (χ1v) is 43.7. The van der Waals surface area contributed by atoms with Crippen molar-refractivity contribution in [3.63, 3.8) is 0 Å². The Balaban J connectivity index is 1.42. The van der Waals surface area contributed by atoms with Gasteiger partial charge in [0, 0.05) is 125 Å². The first-order chi connectivity index (χ1) is 58.0. The summed E-state index contributed by atoms with van der Waals surface area (Å²) in [6.07, 6.45) is 0.246. The van der Waals surface area contributed by atoms with Crippen LogP contribution in [0.3, 0.4) is 0 Å². The van der Waals surface area contributed by atoms with Crippen molar-refractivity contribution < 1.29 is 81.3 Å². The number of rotatable bonds is 27. The van der Waals surface area contributed by atoms with E-state index in [1.54, 1.807) is 58.4 Å². The summed E-state index contributed by atoms with van der Waals surface area (Å²) in [5, 5.41) is 42.9. The molecule has 0 spiro atoms. The summed E-state index contributed by atoms with van der Waals surface area (Å²) < 4.78 is 32.0. The number of carbonyl (C=O) groups excluding carboxylic acids is 13. The van der Waals surface area contributed by atoms with Gasteiger partial charge in [-0.05, 0) is 132 Å². The molecule has 12 atom stereocenters. The molecule has 3 aromatic rings. The van der Waals surface area contributed by atoms with Gasteiger partial charge in [0.25, 0.3) is 0 Å². The summed E-state index contributed by atoms with van der Waals surface area (Å²) in [4.78, 5) is 210. The number of aliphatic hydroxyl groups is 1. The van der Waals surface area contributed by atoms with Crippen LogP contribution < -0.4 is 42.1 Å². The molecular formula is C88H139ClF2N18O15. The summed E-state index contributed by atoms with van der Waals surface area (Å²) in [5.41, 5.74) is -1.17. The van der Waals surface area contributed by atoms with Crippen LogP contribution in [0.5, 0.6) is 5.75 Å². The van der Waals surface area contributed by atoms with Gasteiger partial charge in [0.15, 0.2) is 5.82 Å². The molecule has 33 nitrogen and oxygen atoms in total. The zero-order chi connectivity index (χ0) is 93.5. The van der Waals surface area contributed by atoms with Crippen molar-refractivity contribution in [2.75, 3.05) is 118 Å². The quantitative estimate of drug-likeness (QED) is 0.0323. The number of piperazine rings is 1. The van der Waals surface area contributed by atoms with Crippen LogP contribution >= 0.6 is 11.6 Å². The number of amides is 13. The van der Waals surface area contributed by atoms with Gasteiger partial charge in [-0.3, -0.25) is 67.2 Å². The standard InChI is InChI=1S/C88H139ClF2N18O15/c1-25-60-83(120)102(19)38-37-101(18)61(43-48(3)4)79(116)98-72(52(11)12)86(123)103(20)62(44-49(5)6)80(117)95-55(16)78(115)96-56(17)82(119)104(21)63(45-50(7)8)84(121)105(22)64(46-51(9)10)85(122)106(23)74(53(13)14)87(124)107(24)75(81(118)97-60)76(114)54(15)29-27-32-66(111)92-35-36-93-67(112)33-34-94-88-99-73-57(77(100-88)109-41-39-108(40-42-109)68(113)26-2)47-58(89)69(71(73)91)70-59(90)30-28-31-65(70)110/h26,28,30-31,47-56,60-64,72,74-76,110,114H,2,25,27,29,32-46H2,1,3-24H3,(H,92,111)(H,93,112)(H,95,117)(H,96,115)(H,97,118)(H,98,116)(H,94,99,100)/t54-,55+,56-,60+,61+,62+,63+,64+,72+,74+,75+,76-/m1/s1. The average Bonchev–Trinajstić information content (AvgIpc) is 0.744. The Bertz CT molecular complexity index is 4220. The van der Waals surface area contributed by atoms with E-state index < -0.39 is 184 Å². The van der Waals surface area contributed by atoms with Gasteiger partial charge in [-0.25, -0.2) is 13.8 Å². The number of aromatic hydroxyl groups is 1. The Morgan fingerprint density at radius 2 is 1.09 bits per heavy atom. The third kappa shape index (κ3) is 28.1. The molecule has 692 valence electrons. The minimum atomic E-state index is -1.75. The molecule has 124 heavy (non-hydrogen) atoms. The molecule has 36 heteroatoms. The van der Waals surface area contributed by atoms with E-state index in [1.807, 2.05) is 60.3 Å². The third-order valence-electron chi connectivity index (χ3n) is 23.1. The van der Waals surface area contributed by atoms with Crippen LogP contribution in [0, 0.1) is 53.1 Å². The highest BCUT2D eigenvalue weighted by Gasteiger charge is 2.46. The van der Waals surface area contributed by atoms with Gasteiger partial charge in [0.1, 0.15) is 77.3 Å². The smallest absolute Gasteiger partial charge is 0.246 e. The Morgan fingerprint density at radius 3 is 1.63 bits per heavy atom. The molecular weight excluding hydrogens is 1620 g/mol. The number of benzene rings is 2. The SMILES string of the molecule is C=CC(=O)N1CCN(c2nc(NCCC(=O)NCCNC(=O)CCC[C@@H](C)[C@@H](O)[C@H]3C(=O)N[C@@H](CC)C(=O)N(C)CCN(C)[C@@H](CC(C)C)C(=O)N[C@@H](C(C)C)C(=O)N(C)[C@@H](CC(C)C)C(=O)N[C@@H](C)C(=O)N[C@H](C)C(=O)N(C)[C@@H](CC(C)C)C(=O)N(C)[C@@H](CC(C)C)C(=O)N(C)[C@@H](C(C)C)C(=O)N3C)nc3c(F)c(-c4c(O)cccc4F)c(Cl)cc23)CC1. The summed E-state index contributed by atoms with van der Waals surface area (Å²) in [5.74, 6) is -12.9. The number of nitrogens with zero attached hydrogens (tertiary/aromatic N) is 11. The number of phenolic OH excluding ortho intramolecular Hbond substituents is 1. The topological polar surface area (TPSA) is 402 Å². The van der Waals surface area contributed by atoms with Gasteiger partial charge in [-0.2, -0.15) is 4.98 Å². The second kappa shape index (κ2) is 48.0. The van der Waals surface area contributed by atoms with Gasteiger partial charge in [-0.1, -0.05) is 121 Å². The molecule has 1 aromatic heterocycles. The first-order valence-electron chi connectivity index (χ1n) is 43.3. The lowest BCUT2D eigenvalue weighted by atomic mass is 9.90. The van der Waals surface area contributed by atoms with Gasteiger partial charge in [0.2, 0.25) is 82.7 Å². The molecule has 13 amide bonds. The summed E-state index contributed by atoms with van der Waals surface area (Å²) in [7, 11) is 10.3. The number of anilines is 2. The molecule has 0 unspecified atom stereocenters. The van der Waals surface area contributed by atoms with Crippen molar-refractivity contribution in [2.24, 2.45) is 41.4 Å². The number of aromatic nitrogens is 2. The molecule has 2 fully saturated rings. The zero-order valence-corrected chi connectivity index (χ0v) is 77.7. The number of carbonyl (C=O) groups is 13. The summed E-state index contributed by atoms with van der Waals surface area (Å²) in [6, 6.07) is -7.52. The maximum atomic E-state index is 16.8. The number of phenols is 1. The third-order valence-corrected chi connectivity index (χ3v) is 23.4. The van der Waals surface area contributed by atoms with E-state index >= 15 is 28.0 Å². The van der Waals surface area contributed by atoms with E-state index in [9.17, 15) is 53.4 Å². The monoisotopic (exact) mass is 1760 g/mol. The maximum Gasteiger partial charge on any atom is 0.246 e. The Labute approximate surface area is 735 Å². The van der Waals surface area contributed by atoms with Crippen molar-refractivity contribution >= 4 is 111 Å². The molecule has 0 radical (unpaired) electrons. The van der Waals surface area contributed by atoms with Crippen LogP contribution in [-0.4, -0.2) is 311 Å². The second-order valence-electron chi connectivity index (χ2n) is 35.6. The van der Waals surface area contributed by atoms with Crippen molar-refractivity contribution in [3.8, 4) is 16.9 Å². The largest absolute Gasteiger partial charge is 0.507 e. The number of hydrogen-bond acceptors (Lipinski definition) is 20. The van der Waals surface area contributed by atoms with Crippen molar-refractivity contribution in [3.05, 3.63) is 53.6 Å². The number of hydrogen-bond donors (Lipinski definition) is 9. The first kappa shape index (κ1) is 105. The summed E-state index contributed by atoms with van der Waals surface area (Å²) in [6.45, 7) is 32.8. The van der Waals surface area contributed by atoms with Crippen LogP contribution in [0.25, 0.3) is 22.0 Å². The number of halogens is 3. The average molecular weight is 1760 g/mol. The molecule has 2 aromatic carbocycles. The molecule has 3 heterocycles. The van der Waals surface area contributed by atoms with Gasteiger partial charge in [-0.15, -0.1) is 0 Å². The van der Waals surface area contributed by atoms with Gasteiger partial charge < -0.3 is 86.6 Å². The van der Waals surface area contributed by atoms with E-state index in [0.29, 0.717) is 6.42 Å². The Hall–Kier alpha value is -9.90. The fourth-order valence-electron chi connectivity index (χ4n) is 15.6. The molecule has 2 aliphatic heterocycles. The lowest BCUT2D eigenvalue weighted by molar-refractivity contribution is -0.157. The van der Waals surface area contributed by atoms with Gasteiger partial charge in [0.05, 0.1) is 22.7 Å². The fraction of sp³-hybridized carbons (Fsp3) is 0.670. The zero-order valence-electron chi connectivity index (χ0n) is 77.0. The number of aliphatic hydroxyl groups excluding tert-OH is 1. The lowest BCUT2D eigenvalue weighted by Crippen LogP contribution is -2.63. The van der Waals surface area contributed by atoms with E-state index in [-0.39, 0.29) is 168 Å². The molecule has 0 saturated carbocycles. The number of nitrogens with one attached hydrogen (secondary N) is 7. The summed E-state index contributed by atoms with van der Waals surface area (Å²) >= 11 is 6.64. The maximum absolute atomic E-state index is 16.8. The minimum Gasteiger partial charge on any atom is -0.507 e. The molecule has 9 N–H and O–H groups in total. The highest BCUT2D eigenvalue weighted by atomic mass is 35.5. The normalized spacial score (nSPS) is 22.8. The van der Waals surface area contributed by atoms with Crippen molar-refractivity contribution in [1.82, 2.24) is 81.1 Å². The van der Waals surface area contributed by atoms with E-state index in [4.69, 9.17) is 11.6 Å². The molecule has 2 aliphatic rings. The number of fused-ring (bicyclic) bond motifs is 1. The highest BCUT2D eigenvalue weighted by molar-refractivity contribution is 6.34. The molecule has 2 saturated heterocycles. The van der Waals surface area contributed by atoms with Gasteiger partial charge >= 0.3 is 0 Å².